The number of carbonyl (C=O) groups is 1. The van der Waals surface area contributed by atoms with E-state index in [0.29, 0.717) is 25.3 Å². The number of nitrogens with zero attached hydrogens (tertiary/aromatic N) is 1. The van der Waals surface area contributed by atoms with Gasteiger partial charge < -0.3 is 10.1 Å². The minimum atomic E-state index is -3.58. The SMILES string of the molecule is CCc1ccccc1N(CC(=O)NCCOc1ccc(C)cc1)S(C)(=O)=O. The van der Waals surface area contributed by atoms with Gasteiger partial charge in [-0.3, -0.25) is 9.10 Å². The second kappa shape index (κ2) is 9.41. The standard InChI is InChI=1S/C20H26N2O4S/c1-4-17-7-5-6-8-19(17)22(27(3,24)25)15-20(23)21-13-14-26-18-11-9-16(2)10-12-18/h5-12H,4,13-15H2,1-3H3,(H,21,23). The minimum Gasteiger partial charge on any atom is -0.492 e. The Morgan fingerprint density at radius 1 is 1.11 bits per heavy atom. The number of anilines is 1. The summed E-state index contributed by atoms with van der Waals surface area (Å²) < 4.78 is 31.1. The van der Waals surface area contributed by atoms with Gasteiger partial charge in [0.2, 0.25) is 15.9 Å². The number of rotatable bonds is 9. The van der Waals surface area contributed by atoms with Gasteiger partial charge >= 0.3 is 0 Å². The molecule has 0 fully saturated rings. The number of para-hydroxylation sites is 1. The highest BCUT2D eigenvalue weighted by Crippen LogP contribution is 2.23. The van der Waals surface area contributed by atoms with Gasteiger partial charge in [-0.05, 0) is 37.1 Å². The van der Waals surface area contributed by atoms with Crippen LogP contribution < -0.4 is 14.4 Å². The lowest BCUT2D eigenvalue weighted by molar-refractivity contribution is -0.119. The molecule has 0 aliphatic rings. The molecule has 1 amide bonds. The zero-order valence-electron chi connectivity index (χ0n) is 15.9. The normalized spacial score (nSPS) is 11.1. The molecule has 0 atom stereocenters. The molecule has 7 heteroatoms. The number of hydrogen-bond acceptors (Lipinski definition) is 4. The number of hydrogen-bond donors (Lipinski definition) is 1. The Labute approximate surface area is 161 Å². The van der Waals surface area contributed by atoms with Crippen LogP contribution >= 0.6 is 0 Å². The van der Waals surface area contributed by atoms with E-state index >= 15 is 0 Å². The molecule has 0 spiro atoms. The van der Waals surface area contributed by atoms with Crippen molar-refractivity contribution in [3.63, 3.8) is 0 Å². The quantitative estimate of drug-likeness (QED) is 0.668. The molecular formula is C20H26N2O4S. The third-order valence-corrected chi connectivity index (χ3v) is 5.17. The van der Waals surface area contributed by atoms with Gasteiger partial charge in [0, 0.05) is 0 Å². The maximum atomic E-state index is 12.3. The van der Waals surface area contributed by atoms with Crippen molar-refractivity contribution in [2.75, 3.05) is 30.3 Å². The smallest absolute Gasteiger partial charge is 0.240 e. The summed E-state index contributed by atoms with van der Waals surface area (Å²) in [6.07, 6.45) is 1.78. The first-order valence-electron chi connectivity index (χ1n) is 8.83. The predicted molar refractivity (Wildman–Crippen MR) is 108 cm³/mol. The summed E-state index contributed by atoms with van der Waals surface area (Å²) in [5.74, 6) is 0.350. The van der Waals surface area contributed by atoms with E-state index in [0.717, 1.165) is 27.4 Å². The molecule has 146 valence electrons. The first-order chi connectivity index (χ1) is 12.8. The molecule has 0 bridgehead atoms. The second-order valence-corrected chi connectivity index (χ2v) is 8.17. The fourth-order valence-corrected chi connectivity index (χ4v) is 3.50. The van der Waals surface area contributed by atoms with E-state index in [4.69, 9.17) is 4.74 Å². The molecule has 27 heavy (non-hydrogen) atoms. The number of benzene rings is 2. The summed E-state index contributed by atoms with van der Waals surface area (Å²) >= 11 is 0. The van der Waals surface area contributed by atoms with Gasteiger partial charge in [0.05, 0.1) is 18.5 Å². The molecule has 0 saturated heterocycles. The highest BCUT2D eigenvalue weighted by Gasteiger charge is 2.22. The maximum absolute atomic E-state index is 12.3. The highest BCUT2D eigenvalue weighted by atomic mass is 32.2. The van der Waals surface area contributed by atoms with Crippen LogP contribution in [0.5, 0.6) is 5.75 Å². The van der Waals surface area contributed by atoms with Gasteiger partial charge in [-0.25, -0.2) is 8.42 Å². The van der Waals surface area contributed by atoms with Gasteiger partial charge in [0.15, 0.2) is 0 Å². The molecule has 0 aliphatic heterocycles. The van der Waals surface area contributed by atoms with E-state index in [1.165, 1.54) is 0 Å². The third-order valence-electron chi connectivity index (χ3n) is 4.04. The maximum Gasteiger partial charge on any atom is 0.240 e. The van der Waals surface area contributed by atoms with Crippen LogP contribution in [0.3, 0.4) is 0 Å². The molecule has 2 aromatic carbocycles. The van der Waals surface area contributed by atoms with Gasteiger partial charge in [-0.15, -0.1) is 0 Å². The van der Waals surface area contributed by atoms with E-state index in [-0.39, 0.29) is 12.5 Å². The fourth-order valence-electron chi connectivity index (χ4n) is 2.61. The molecule has 0 saturated carbocycles. The van der Waals surface area contributed by atoms with Gasteiger partial charge in [0.25, 0.3) is 0 Å². The lowest BCUT2D eigenvalue weighted by Gasteiger charge is -2.24. The summed E-state index contributed by atoms with van der Waals surface area (Å²) in [4.78, 5) is 12.3. The molecule has 6 nitrogen and oxygen atoms in total. The van der Waals surface area contributed by atoms with Crippen molar-refractivity contribution in [2.45, 2.75) is 20.3 Å². The van der Waals surface area contributed by atoms with Crippen molar-refractivity contribution in [2.24, 2.45) is 0 Å². The first-order valence-corrected chi connectivity index (χ1v) is 10.7. The van der Waals surface area contributed by atoms with Crippen molar-refractivity contribution in [1.82, 2.24) is 5.32 Å². The van der Waals surface area contributed by atoms with E-state index in [2.05, 4.69) is 5.32 Å². The minimum absolute atomic E-state index is 0.264. The molecule has 0 aliphatic carbocycles. The average Bonchev–Trinajstić information content (AvgIpc) is 2.64. The van der Waals surface area contributed by atoms with Crippen LogP contribution in [0.4, 0.5) is 5.69 Å². The lowest BCUT2D eigenvalue weighted by Crippen LogP contribution is -2.41. The highest BCUT2D eigenvalue weighted by molar-refractivity contribution is 7.92. The topological polar surface area (TPSA) is 75.7 Å². The molecule has 2 rings (SSSR count). The van der Waals surface area contributed by atoms with Crippen molar-refractivity contribution in [3.8, 4) is 5.75 Å². The molecular weight excluding hydrogens is 364 g/mol. The molecule has 0 radical (unpaired) electrons. The van der Waals surface area contributed by atoms with Crippen LogP contribution in [-0.2, 0) is 21.2 Å². The van der Waals surface area contributed by atoms with Crippen LogP contribution in [0, 0.1) is 6.92 Å². The Morgan fingerprint density at radius 2 is 1.78 bits per heavy atom. The summed E-state index contributed by atoms with van der Waals surface area (Å²) in [5.41, 5.74) is 2.55. The Morgan fingerprint density at radius 3 is 2.41 bits per heavy atom. The van der Waals surface area contributed by atoms with Crippen molar-refractivity contribution < 1.29 is 17.9 Å². The fraction of sp³-hybridized carbons (Fsp3) is 0.350. The van der Waals surface area contributed by atoms with E-state index in [1.54, 1.807) is 12.1 Å². The van der Waals surface area contributed by atoms with Crippen molar-refractivity contribution >= 4 is 21.6 Å². The van der Waals surface area contributed by atoms with Crippen molar-refractivity contribution in [1.29, 1.82) is 0 Å². The number of nitrogens with one attached hydrogen (secondary N) is 1. The Kier molecular flexibility index (Phi) is 7.24. The summed E-state index contributed by atoms with van der Waals surface area (Å²) in [7, 11) is -3.58. The van der Waals surface area contributed by atoms with Crippen LogP contribution in [0.25, 0.3) is 0 Å². The number of aryl methyl sites for hydroxylation is 2. The van der Waals surface area contributed by atoms with E-state index < -0.39 is 10.0 Å². The van der Waals surface area contributed by atoms with E-state index in [1.807, 2.05) is 50.2 Å². The Bertz CT molecular complexity index is 864. The lowest BCUT2D eigenvalue weighted by atomic mass is 10.1. The van der Waals surface area contributed by atoms with Gasteiger partial charge in [-0.1, -0.05) is 42.8 Å². The van der Waals surface area contributed by atoms with E-state index in [9.17, 15) is 13.2 Å². The molecule has 2 aromatic rings. The average molecular weight is 391 g/mol. The number of sulfonamides is 1. The van der Waals surface area contributed by atoms with Crippen LogP contribution in [0.15, 0.2) is 48.5 Å². The van der Waals surface area contributed by atoms with Crippen LogP contribution in [-0.4, -0.2) is 40.3 Å². The monoisotopic (exact) mass is 390 g/mol. The molecule has 1 N–H and O–H groups in total. The summed E-state index contributed by atoms with van der Waals surface area (Å²) in [5, 5.41) is 2.70. The van der Waals surface area contributed by atoms with Gasteiger partial charge in [0.1, 0.15) is 18.9 Å². The zero-order valence-corrected chi connectivity index (χ0v) is 16.8. The number of carbonyl (C=O) groups excluding carboxylic acids is 1. The molecule has 0 unspecified atom stereocenters. The van der Waals surface area contributed by atoms with Crippen LogP contribution in [0.2, 0.25) is 0 Å². The number of ether oxygens (including phenoxy) is 1. The predicted octanol–water partition coefficient (Wildman–Crippen LogP) is 2.52. The van der Waals surface area contributed by atoms with Crippen molar-refractivity contribution in [3.05, 3.63) is 59.7 Å². The molecule has 0 aromatic heterocycles. The Hall–Kier alpha value is -2.54. The van der Waals surface area contributed by atoms with Gasteiger partial charge in [-0.2, -0.15) is 0 Å². The molecule has 0 heterocycles. The first kappa shape index (κ1) is 20.8. The third kappa shape index (κ3) is 6.29. The second-order valence-electron chi connectivity index (χ2n) is 6.26. The van der Waals surface area contributed by atoms with Crippen LogP contribution in [0.1, 0.15) is 18.1 Å². The number of amides is 1. The summed E-state index contributed by atoms with van der Waals surface area (Å²) in [6.45, 7) is 4.27. The largest absolute Gasteiger partial charge is 0.492 e. The zero-order chi connectivity index (χ0) is 19.9. The summed E-state index contributed by atoms with van der Waals surface area (Å²) in [6, 6.07) is 14.8. The Balaban J connectivity index is 1.93.